The lowest BCUT2D eigenvalue weighted by Crippen LogP contribution is -2.01. The molecule has 0 unspecified atom stereocenters. The summed E-state index contributed by atoms with van der Waals surface area (Å²) >= 11 is 8.46. The predicted octanol–water partition coefficient (Wildman–Crippen LogP) is 4.16. The van der Waals surface area contributed by atoms with Crippen molar-refractivity contribution in [1.29, 1.82) is 0 Å². The van der Waals surface area contributed by atoms with Gasteiger partial charge in [0.05, 0.1) is 9.35 Å². The molecule has 1 N–H and O–H groups in total. The van der Waals surface area contributed by atoms with Gasteiger partial charge < -0.3 is 5.32 Å². The van der Waals surface area contributed by atoms with E-state index >= 15 is 0 Å². The number of nitrogens with one attached hydrogen (secondary N) is 1. The van der Waals surface area contributed by atoms with E-state index in [-0.39, 0.29) is 0 Å². The molecule has 0 bridgehead atoms. The highest BCUT2D eigenvalue weighted by atomic mass is 79.9. The Balaban J connectivity index is 2.39. The average Bonchev–Trinajstić information content (AvgIpc) is 2.69. The van der Waals surface area contributed by atoms with E-state index in [0.717, 1.165) is 32.0 Å². The van der Waals surface area contributed by atoms with E-state index in [1.54, 1.807) is 17.5 Å². The van der Waals surface area contributed by atoms with Gasteiger partial charge in [-0.3, -0.25) is 0 Å². The molecule has 3 nitrogen and oxygen atoms in total. The van der Waals surface area contributed by atoms with Gasteiger partial charge in [0.2, 0.25) is 0 Å². The molecular weight excluding hydrogens is 354 g/mol. The summed E-state index contributed by atoms with van der Waals surface area (Å²) < 4.78 is 1.94. The van der Waals surface area contributed by atoms with Gasteiger partial charge in [0, 0.05) is 22.6 Å². The summed E-state index contributed by atoms with van der Waals surface area (Å²) in [7, 11) is 0. The van der Waals surface area contributed by atoms with E-state index in [9.17, 15) is 0 Å². The Morgan fingerprint density at radius 2 is 2.25 bits per heavy atom. The molecule has 0 spiro atoms. The molecule has 16 heavy (non-hydrogen) atoms. The molecule has 2 aromatic rings. The van der Waals surface area contributed by atoms with Crippen LogP contribution in [0.1, 0.15) is 6.92 Å². The van der Waals surface area contributed by atoms with E-state index in [1.165, 1.54) is 0 Å². The highest BCUT2D eigenvalue weighted by Gasteiger charge is 2.08. The maximum absolute atomic E-state index is 4.47. The Labute approximate surface area is 115 Å². The van der Waals surface area contributed by atoms with E-state index in [1.807, 2.05) is 18.4 Å². The van der Waals surface area contributed by atoms with Crippen LogP contribution in [0.3, 0.4) is 0 Å². The number of anilines is 1. The fraction of sp³-hybridized carbons (Fsp3) is 0.200. The molecule has 2 heterocycles. The molecule has 6 heteroatoms. The summed E-state index contributed by atoms with van der Waals surface area (Å²) in [6.45, 7) is 2.87. The first-order chi connectivity index (χ1) is 7.70. The van der Waals surface area contributed by atoms with Crippen molar-refractivity contribution >= 4 is 49.0 Å². The van der Waals surface area contributed by atoms with Gasteiger partial charge in [0.15, 0.2) is 5.82 Å². The number of halogens is 2. The monoisotopic (exact) mass is 361 g/mol. The summed E-state index contributed by atoms with van der Waals surface area (Å²) in [6.07, 6.45) is 1.77. The number of thiophene rings is 1. The number of hydrogen-bond donors (Lipinski definition) is 1. The van der Waals surface area contributed by atoms with Crippen LogP contribution in [-0.4, -0.2) is 16.5 Å². The highest BCUT2D eigenvalue weighted by Crippen LogP contribution is 2.29. The molecule has 0 radical (unpaired) electrons. The van der Waals surface area contributed by atoms with Crippen molar-refractivity contribution in [2.24, 2.45) is 0 Å². The fourth-order valence-electron chi connectivity index (χ4n) is 1.21. The lowest BCUT2D eigenvalue weighted by Gasteiger charge is -2.05. The second-order valence-electron chi connectivity index (χ2n) is 3.05. The van der Waals surface area contributed by atoms with Crippen LogP contribution >= 0.6 is 43.2 Å². The Kier molecular flexibility index (Phi) is 3.94. The van der Waals surface area contributed by atoms with E-state index in [4.69, 9.17) is 0 Å². The van der Waals surface area contributed by atoms with Crippen LogP contribution in [0.15, 0.2) is 26.6 Å². The summed E-state index contributed by atoms with van der Waals surface area (Å²) in [4.78, 5) is 9.82. The summed E-state index contributed by atoms with van der Waals surface area (Å²) in [6, 6.07) is 2.02. The topological polar surface area (TPSA) is 37.8 Å². The van der Waals surface area contributed by atoms with Crippen LogP contribution in [0.2, 0.25) is 0 Å². The van der Waals surface area contributed by atoms with Crippen molar-refractivity contribution in [2.45, 2.75) is 6.92 Å². The molecule has 0 aromatic carbocycles. The van der Waals surface area contributed by atoms with Crippen molar-refractivity contribution in [3.05, 3.63) is 26.6 Å². The van der Waals surface area contributed by atoms with Gasteiger partial charge in [-0.2, -0.15) is 0 Å². The van der Waals surface area contributed by atoms with E-state index in [0.29, 0.717) is 0 Å². The number of rotatable bonds is 3. The molecule has 0 aliphatic rings. The molecule has 2 aromatic heterocycles. The quantitative estimate of drug-likeness (QED) is 0.890. The maximum Gasteiger partial charge on any atom is 0.171 e. The van der Waals surface area contributed by atoms with Crippen molar-refractivity contribution < 1.29 is 0 Å². The number of hydrogen-bond acceptors (Lipinski definition) is 4. The standard InChI is InChI=1S/C10H9Br2N3S/c1-2-13-9-7(12)4-14-10(15-9)8-3-6(11)5-16-8/h3-5H,2H2,1H3,(H,13,14,15). The maximum atomic E-state index is 4.47. The second-order valence-corrected chi connectivity index (χ2v) is 5.73. The van der Waals surface area contributed by atoms with E-state index < -0.39 is 0 Å². The van der Waals surface area contributed by atoms with Crippen LogP contribution in [0.25, 0.3) is 10.7 Å². The first kappa shape index (κ1) is 12.0. The van der Waals surface area contributed by atoms with Gasteiger partial charge in [0.1, 0.15) is 5.82 Å². The highest BCUT2D eigenvalue weighted by molar-refractivity contribution is 9.10. The van der Waals surface area contributed by atoms with E-state index in [2.05, 4.69) is 47.1 Å². The van der Waals surface area contributed by atoms with Crippen LogP contribution in [0.5, 0.6) is 0 Å². The Bertz CT molecular complexity index is 499. The first-order valence-electron chi connectivity index (χ1n) is 4.71. The van der Waals surface area contributed by atoms with Gasteiger partial charge in [-0.15, -0.1) is 11.3 Å². The lowest BCUT2D eigenvalue weighted by atomic mass is 10.4. The van der Waals surface area contributed by atoms with Gasteiger partial charge in [0.25, 0.3) is 0 Å². The predicted molar refractivity (Wildman–Crippen MR) is 74.9 cm³/mol. The zero-order chi connectivity index (χ0) is 11.5. The van der Waals surface area contributed by atoms with Crippen LogP contribution in [0, 0.1) is 0 Å². The lowest BCUT2D eigenvalue weighted by molar-refractivity contribution is 1.11. The van der Waals surface area contributed by atoms with Crippen molar-refractivity contribution in [1.82, 2.24) is 9.97 Å². The Morgan fingerprint density at radius 1 is 1.44 bits per heavy atom. The molecule has 0 aliphatic heterocycles. The SMILES string of the molecule is CCNc1nc(-c2cc(Br)cs2)ncc1Br. The molecule has 2 rings (SSSR count). The summed E-state index contributed by atoms with van der Waals surface area (Å²) in [5.41, 5.74) is 0. The van der Waals surface area contributed by atoms with Crippen molar-refractivity contribution in [3.63, 3.8) is 0 Å². The van der Waals surface area contributed by atoms with Crippen molar-refractivity contribution in [3.8, 4) is 10.7 Å². The summed E-state index contributed by atoms with van der Waals surface area (Å²) in [5, 5.41) is 5.21. The van der Waals surface area contributed by atoms with Gasteiger partial charge in [-0.25, -0.2) is 9.97 Å². The molecule has 0 saturated heterocycles. The fourth-order valence-corrected chi connectivity index (χ4v) is 2.91. The molecule has 0 aliphatic carbocycles. The molecule has 0 fully saturated rings. The van der Waals surface area contributed by atoms with Crippen LogP contribution in [-0.2, 0) is 0 Å². The zero-order valence-corrected chi connectivity index (χ0v) is 12.5. The second kappa shape index (κ2) is 5.25. The average molecular weight is 363 g/mol. The van der Waals surface area contributed by atoms with Crippen LogP contribution < -0.4 is 5.32 Å². The first-order valence-corrected chi connectivity index (χ1v) is 7.18. The third-order valence-corrected chi connectivity index (χ3v) is 4.14. The minimum absolute atomic E-state index is 0.745. The largest absolute Gasteiger partial charge is 0.369 e. The molecule has 0 atom stereocenters. The molecule has 0 amide bonds. The minimum atomic E-state index is 0.745. The normalized spacial score (nSPS) is 10.4. The van der Waals surface area contributed by atoms with Crippen LogP contribution in [0.4, 0.5) is 5.82 Å². The van der Waals surface area contributed by atoms with Gasteiger partial charge in [-0.05, 0) is 44.8 Å². The van der Waals surface area contributed by atoms with Gasteiger partial charge >= 0.3 is 0 Å². The molecular formula is C10H9Br2N3S. The smallest absolute Gasteiger partial charge is 0.171 e. The number of nitrogens with zero attached hydrogens (tertiary/aromatic N) is 2. The summed E-state index contributed by atoms with van der Waals surface area (Å²) in [5.74, 6) is 1.58. The van der Waals surface area contributed by atoms with Crippen molar-refractivity contribution in [2.75, 3.05) is 11.9 Å². The third kappa shape index (κ3) is 2.61. The third-order valence-electron chi connectivity index (χ3n) is 1.88. The molecule has 84 valence electrons. The zero-order valence-electron chi connectivity index (χ0n) is 8.50. The van der Waals surface area contributed by atoms with Gasteiger partial charge in [-0.1, -0.05) is 0 Å². The Morgan fingerprint density at radius 3 is 2.88 bits per heavy atom. The number of aromatic nitrogens is 2. The minimum Gasteiger partial charge on any atom is -0.369 e. The molecule has 0 saturated carbocycles. The Hall–Kier alpha value is -0.460.